The van der Waals surface area contributed by atoms with Gasteiger partial charge in [-0.1, -0.05) is 0 Å². The molecule has 0 radical (unpaired) electrons. The summed E-state index contributed by atoms with van der Waals surface area (Å²) in [7, 11) is 1.41. The van der Waals surface area contributed by atoms with Gasteiger partial charge in [-0.2, -0.15) is 13.2 Å². The molecule has 0 aromatic heterocycles. The molecule has 0 bridgehead atoms. The van der Waals surface area contributed by atoms with Gasteiger partial charge in [0, 0.05) is 7.11 Å². The van der Waals surface area contributed by atoms with E-state index in [2.05, 4.69) is 4.74 Å². The first-order valence-electron chi connectivity index (χ1n) is 3.79. The number of hydrogen-bond donors (Lipinski definition) is 0. The SMILES string of the molecule is COC1C(Cl)CC1OCC(F)(F)F. The summed E-state index contributed by atoms with van der Waals surface area (Å²) in [6, 6.07) is 0. The van der Waals surface area contributed by atoms with E-state index in [-0.39, 0.29) is 5.38 Å². The van der Waals surface area contributed by atoms with Crippen LogP contribution in [0.15, 0.2) is 0 Å². The van der Waals surface area contributed by atoms with Crippen LogP contribution in [0.1, 0.15) is 6.42 Å². The van der Waals surface area contributed by atoms with Crippen LogP contribution < -0.4 is 0 Å². The van der Waals surface area contributed by atoms with Crippen molar-refractivity contribution in [2.24, 2.45) is 0 Å². The first kappa shape index (κ1) is 11.1. The Balaban J connectivity index is 2.24. The molecule has 78 valence electrons. The van der Waals surface area contributed by atoms with Gasteiger partial charge in [0.15, 0.2) is 0 Å². The lowest BCUT2D eigenvalue weighted by molar-refractivity contribution is -0.210. The normalized spacial score (nSPS) is 34.4. The highest BCUT2D eigenvalue weighted by Gasteiger charge is 2.43. The third-order valence-electron chi connectivity index (χ3n) is 1.91. The molecule has 1 fully saturated rings. The van der Waals surface area contributed by atoms with Crippen LogP contribution in [0.25, 0.3) is 0 Å². The highest BCUT2D eigenvalue weighted by atomic mass is 35.5. The minimum Gasteiger partial charge on any atom is -0.377 e. The van der Waals surface area contributed by atoms with Crippen molar-refractivity contribution in [1.29, 1.82) is 0 Å². The van der Waals surface area contributed by atoms with Gasteiger partial charge in [-0.15, -0.1) is 11.6 Å². The molecule has 1 aliphatic rings. The van der Waals surface area contributed by atoms with Gasteiger partial charge >= 0.3 is 6.18 Å². The van der Waals surface area contributed by atoms with Gasteiger partial charge in [0.05, 0.1) is 17.6 Å². The Bertz CT molecular complexity index is 174. The van der Waals surface area contributed by atoms with Crippen LogP contribution in [0.3, 0.4) is 0 Å². The zero-order valence-electron chi connectivity index (χ0n) is 6.97. The molecule has 6 heteroatoms. The summed E-state index contributed by atoms with van der Waals surface area (Å²) >= 11 is 5.67. The van der Waals surface area contributed by atoms with Crippen LogP contribution in [-0.4, -0.2) is 37.5 Å². The number of ether oxygens (including phenoxy) is 2. The molecule has 3 atom stereocenters. The third kappa shape index (κ3) is 3.00. The second kappa shape index (κ2) is 4.02. The van der Waals surface area contributed by atoms with E-state index in [1.807, 2.05) is 0 Å². The highest BCUT2D eigenvalue weighted by Crippen LogP contribution is 2.32. The molecule has 2 nitrogen and oxygen atoms in total. The number of hydrogen-bond acceptors (Lipinski definition) is 2. The van der Waals surface area contributed by atoms with E-state index in [0.29, 0.717) is 6.42 Å². The smallest absolute Gasteiger partial charge is 0.377 e. The van der Waals surface area contributed by atoms with Crippen molar-refractivity contribution in [2.45, 2.75) is 30.2 Å². The Kier molecular flexibility index (Phi) is 3.43. The predicted molar refractivity (Wildman–Crippen MR) is 40.9 cm³/mol. The fourth-order valence-electron chi connectivity index (χ4n) is 1.19. The van der Waals surface area contributed by atoms with Crippen LogP contribution in [-0.2, 0) is 9.47 Å². The molecular formula is C7H10ClF3O2. The molecule has 0 aromatic carbocycles. The first-order valence-corrected chi connectivity index (χ1v) is 4.23. The van der Waals surface area contributed by atoms with Crippen molar-refractivity contribution in [3.63, 3.8) is 0 Å². The fraction of sp³-hybridized carbons (Fsp3) is 1.00. The van der Waals surface area contributed by atoms with E-state index >= 15 is 0 Å². The summed E-state index contributed by atoms with van der Waals surface area (Å²) in [6.07, 6.45) is -4.80. The molecule has 13 heavy (non-hydrogen) atoms. The minimum atomic E-state index is -4.28. The van der Waals surface area contributed by atoms with Gasteiger partial charge in [0.25, 0.3) is 0 Å². The molecule has 0 aromatic rings. The van der Waals surface area contributed by atoms with Crippen molar-refractivity contribution in [3.8, 4) is 0 Å². The second-order valence-corrected chi connectivity index (χ2v) is 3.48. The highest BCUT2D eigenvalue weighted by molar-refractivity contribution is 6.21. The molecule has 1 saturated carbocycles. The summed E-state index contributed by atoms with van der Waals surface area (Å²) in [5.74, 6) is 0. The van der Waals surface area contributed by atoms with Gasteiger partial charge < -0.3 is 9.47 Å². The van der Waals surface area contributed by atoms with Gasteiger partial charge in [0.1, 0.15) is 6.61 Å². The lowest BCUT2D eigenvalue weighted by Crippen LogP contribution is -2.51. The molecule has 1 aliphatic carbocycles. The molecule has 0 saturated heterocycles. The van der Waals surface area contributed by atoms with Gasteiger partial charge in [-0.3, -0.25) is 0 Å². The Morgan fingerprint density at radius 2 is 2.08 bits per heavy atom. The van der Waals surface area contributed by atoms with Crippen LogP contribution >= 0.6 is 11.6 Å². The molecular weight excluding hydrogens is 209 g/mol. The quantitative estimate of drug-likeness (QED) is 0.675. The summed E-state index contributed by atoms with van der Waals surface area (Å²) in [5, 5.41) is -0.233. The topological polar surface area (TPSA) is 18.5 Å². The largest absolute Gasteiger partial charge is 0.411 e. The van der Waals surface area contributed by atoms with Crippen molar-refractivity contribution in [3.05, 3.63) is 0 Å². The molecule has 0 N–H and O–H groups in total. The molecule has 0 spiro atoms. The fourth-order valence-corrected chi connectivity index (χ4v) is 1.63. The molecule has 1 rings (SSSR count). The predicted octanol–water partition coefficient (Wildman–Crippen LogP) is 1.96. The van der Waals surface area contributed by atoms with E-state index in [1.54, 1.807) is 0 Å². The number of halogens is 4. The van der Waals surface area contributed by atoms with E-state index < -0.39 is 25.0 Å². The summed E-state index contributed by atoms with van der Waals surface area (Å²) < 4.78 is 44.6. The number of alkyl halides is 4. The van der Waals surface area contributed by atoms with Gasteiger partial charge in [-0.05, 0) is 6.42 Å². The maximum absolute atomic E-state index is 11.7. The van der Waals surface area contributed by atoms with Crippen LogP contribution in [0.5, 0.6) is 0 Å². The lowest BCUT2D eigenvalue weighted by Gasteiger charge is -2.39. The average molecular weight is 219 g/mol. The average Bonchev–Trinajstić information content (AvgIpc) is 1.96. The molecule has 0 aliphatic heterocycles. The summed E-state index contributed by atoms with van der Waals surface area (Å²) in [5.41, 5.74) is 0. The standard InChI is InChI=1S/C7H10ClF3O2/c1-12-6-4(8)2-5(6)13-3-7(9,10)11/h4-6H,2-3H2,1H3. The van der Waals surface area contributed by atoms with Crippen LogP contribution in [0.4, 0.5) is 13.2 Å². The third-order valence-corrected chi connectivity index (χ3v) is 2.34. The van der Waals surface area contributed by atoms with E-state index in [1.165, 1.54) is 7.11 Å². The summed E-state index contributed by atoms with van der Waals surface area (Å²) in [4.78, 5) is 0. The van der Waals surface area contributed by atoms with Gasteiger partial charge in [-0.25, -0.2) is 0 Å². The molecule has 0 amide bonds. The molecule has 0 heterocycles. The minimum absolute atomic E-state index is 0.233. The van der Waals surface area contributed by atoms with E-state index in [4.69, 9.17) is 16.3 Å². The zero-order valence-corrected chi connectivity index (χ0v) is 7.73. The monoisotopic (exact) mass is 218 g/mol. The first-order chi connectivity index (χ1) is 5.94. The zero-order chi connectivity index (χ0) is 10.1. The van der Waals surface area contributed by atoms with Crippen molar-refractivity contribution >= 4 is 11.6 Å². The Morgan fingerprint density at radius 1 is 1.46 bits per heavy atom. The maximum Gasteiger partial charge on any atom is 0.411 e. The second-order valence-electron chi connectivity index (χ2n) is 2.92. The number of methoxy groups -OCH3 is 1. The Labute approximate surface area is 79.0 Å². The maximum atomic E-state index is 11.7. The summed E-state index contributed by atoms with van der Waals surface area (Å²) in [6.45, 7) is -1.23. The number of rotatable bonds is 3. The van der Waals surface area contributed by atoms with E-state index in [9.17, 15) is 13.2 Å². The van der Waals surface area contributed by atoms with Crippen molar-refractivity contribution < 1.29 is 22.6 Å². The lowest BCUT2D eigenvalue weighted by atomic mass is 9.91. The Hall–Kier alpha value is -0.0000000000000000555. The van der Waals surface area contributed by atoms with Gasteiger partial charge in [0.2, 0.25) is 0 Å². The van der Waals surface area contributed by atoms with Crippen LogP contribution in [0, 0.1) is 0 Å². The van der Waals surface area contributed by atoms with Crippen molar-refractivity contribution in [1.82, 2.24) is 0 Å². The van der Waals surface area contributed by atoms with E-state index in [0.717, 1.165) is 0 Å². The Morgan fingerprint density at radius 3 is 2.46 bits per heavy atom. The van der Waals surface area contributed by atoms with Crippen molar-refractivity contribution in [2.75, 3.05) is 13.7 Å². The molecule has 3 unspecified atom stereocenters. The van der Waals surface area contributed by atoms with Crippen LogP contribution in [0.2, 0.25) is 0 Å².